The summed E-state index contributed by atoms with van der Waals surface area (Å²) in [5.74, 6) is 0.774. The zero-order chi connectivity index (χ0) is 15.3. The van der Waals surface area contributed by atoms with Gasteiger partial charge in [-0.25, -0.2) is 4.98 Å². The molecule has 2 rings (SSSR count). The minimum atomic E-state index is -0.779. The standard InChI is InChI=1S/C15H20BrN3O2/c1-2-7-19-14(17-11-18-19)8-15(9-20,10-21)12-5-3-4-6-13(12)16/h3-6,11,20-21H,2,7-10H2,1H3. The number of nitrogens with zero attached hydrogens (tertiary/aromatic N) is 3. The van der Waals surface area contributed by atoms with Crippen LogP contribution in [0.5, 0.6) is 0 Å². The third-order valence-corrected chi connectivity index (χ3v) is 4.37. The maximum absolute atomic E-state index is 9.94. The van der Waals surface area contributed by atoms with Gasteiger partial charge in [-0.3, -0.25) is 4.68 Å². The Balaban J connectivity index is 2.39. The molecule has 0 fully saturated rings. The summed E-state index contributed by atoms with van der Waals surface area (Å²) in [5, 5.41) is 24.1. The van der Waals surface area contributed by atoms with Gasteiger partial charge in [-0.05, 0) is 18.1 Å². The Bertz CT molecular complexity index is 582. The van der Waals surface area contributed by atoms with E-state index >= 15 is 0 Å². The molecular weight excluding hydrogens is 334 g/mol. The van der Waals surface area contributed by atoms with Crippen LogP contribution < -0.4 is 0 Å². The summed E-state index contributed by atoms with van der Waals surface area (Å²) in [7, 11) is 0. The Morgan fingerprint density at radius 1 is 1.24 bits per heavy atom. The molecule has 0 saturated carbocycles. The zero-order valence-electron chi connectivity index (χ0n) is 12.0. The van der Waals surface area contributed by atoms with Crippen LogP contribution in [0, 0.1) is 0 Å². The van der Waals surface area contributed by atoms with Gasteiger partial charge in [0.1, 0.15) is 12.2 Å². The Labute approximate surface area is 132 Å². The molecule has 0 aliphatic heterocycles. The van der Waals surface area contributed by atoms with Gasteiger partial charge in [-0.15, -0.1) is 0 Å². The molecule has 6 heteroatoms. The van der Waals surface area contributed by atoms with Gasteiger partial charge in [-0.1, -0.05) is 41.1 Å². The van der Waals surface area contributed by atoms with E-state index in [1.807, 2.05) is 28.9 Å². The predicted octanol–water partition coefficient (Wildman–Crippen LogP) is 1.92. The van der Waals surface area contributed by atoms with E-state index in [1.165, 1.54) is 6.33 Å². The van der Waals surface area contributed by atoms with Gasteiger partial charge in [0.25, 0.3) is 0 Å². The molecule has 114 valence electrons. The van der Waals surface area contributed by atoms with Gasteiger partial charge in [0.05, 0.1) is 13.2 Å². The van der Waals surface area contributed by atoms with Crippen LogP contribution >= 0.6 is 15.9 Å². The molecule has 1 aromatic carbocycles. The maximum atomic E-state index is 9.94. The zero-order valence-corrected chi connectivity index (χ0v) is 13.6. The fraction of sp³-hybridized carbons (Fsp3) is 0.467. The number of halogens is 1. The average molecular weight is 354 g/mol. The third-order valence-electron chi connectivity index (χ3n) is 3.68. The highest BCUT2D eigenvalue weighted by Crippen LogP contribution is 2.32. The first kappa shape index (κ1) is 16.1. The quantitative estimate of drug-likeness (QED) is 0.797. The summed E-state index contributed by atoms with van der Waals surface area (Å²) in [6.45, 7) is 2.53. The van der Waals surface area contributed by atoms with Gasteiger partial charge >= 0.3 is 0 Å². The topological polar surface area (TPSA) is 71.2 Å². The van der Waals surface area contributed by atoms with E-state index in [0.717, 1.165) is 28.8 Å². The summed E-state index contributed by atoms with van der Waals surface area (Å²) in [6, 6.07) is 7.63. The van der Waals surface area contributed by atoms with Crippen molar-refractivity contribution in [1.82, 2.24) is 14.8 Å². The van der Waals surface area contributed by atoms with Crippen LogP contribution in [0.4, 0.5) is 0 Å². The lowest BCUT2D eigenvalue weighted by atomic mass is 9.78. The van der Waals surface area contributed by atoms with Crippen molar-refractivity contribution < 1.29 is 10.2 Å². The number of hydrogen-bond acceptors (Lipinski definition) is 4. The SMILES string of the molecule is CCCn1ncnc1CC(CO)(CO)c1ccccc1Br. The molecule has 0 amide bonds. The van der Waals surface area contributed by atoms with Crippen LogP contribution in [0.15, 0.2) is 35.1 Å². The summed E-state index contributed by atoms with van der Waals surface area (Å²) < 4.78 is 2.70. The van der Waals surface area contributed by atoms with Crippen molar-refractivity contribution in [3.8, 4) is 0 Å². The lowest BCUT2D eigenvalue weighted by molar-refractivity contribution is 0.113. The number of benzene rings is 1. The van der Waals surface area contributed by atoms with Crippen molar-refractivity contribution in [1.29, 1.82) is 0 Å². The van der Waals surface area contributed by atoms with E-state index in [9.17, 15) is 10.2 Å². The van der Waals surface area contributed by atoms with Gasteiger partial charge in [0.15, 0.2) is 0 Å². The van der Waals surface area contributed by atoms with Crippen molar-refractivity contribution in [2.75, 3.05) is 13.2 Å². The van der Waals surface area contributed by atoms with E-state index in [1.54, 1.807) is 0 Å². The molecule has 0 unspecified atom stereocenters. The first-order chi connectivity index (χ1) is 10.2. The Hall–Kier alpha value is -1.24. The Kier molecular flexibility index (Phi) is 5.50. The van der Waals surface area contributed by atoms with Crippen LogP contribution in [0.25, 0.3) is 0 Å². The average Bonchev–Trinajstić information content (AvgIpc) is 2.93. The molecule has 1 heterocycles. The molecule has 0 atom stereocenters. The molecule has 0 saturated heterocycles. The van der Waals surface area contributed by atoms with Crippen LogP contribution in [0.1, 0.15) is 24.7 Å². The van der Waals surface area contributed by atoms with Crippen LogP contribution in [-0.4, -0.2) is 38.2 Å². The molecule has 2 N–H and O–H groups in total. The number of rotatable bonds is 7. The molecular formula is C15H20BrN3O2. The second-order valence-electron chi connectivity index (χ2n) is 5.15. The molecule has 1 aromatic heterocycles. The number of hydrogen-bond donors (Lipinski definition) is 2. The van der Waals surface area contributed by atoms with Crippen molar-refractivity contribution in [2.24, 2.45) is 0 Å². The molecule has 0 spiro atoms. The van der Waals surface area contributed by atoms with Gasteiger partial charge in [0.2, 0.25) is 0 Å². The van der Waals surface area contributed by atoms with E-state index in [2.05, 4.69) is 32.9 Å². The van der Waals surface area contributed by atoms with Crippen molar-refractivity contribution in [2.45, 2.75) is 31.7 Å². The summed E-state index contributed by atoms with van der Waals surface area (Å²) in [5.41, 5.74) is 0.0968. The predicted molar refractivity (Wildman–Crippen MR) is 84.0 cm³/mol. The van der Waals surface area contributed by atoms with Gasteiger partial charge < -0.3 is 10.2 Å². The summed E-state index contributed by atoms with van der Waals surface area (Å²) in [4.78, 5) is 4.29. The number of aryl methyl sites for hydroxylation is 1. The van der Waals surface area contributed by atoms with Gasteiger partial charge in [-0.2, -0.15) is 5.10 Å². The number of aromatic nitrogens is 3. The van der Waals surface area contributed by atoms with Crippen LogP contribution in [0.3, 0.4) is 0 Å². The van der Waals surface area contributed by atoms with E-state index in [-0.39, 0.29) is 13.2 Å². The van der Waals surface area contributed by atoms with Crippen LogP contribution in [0.2, 0.25) is 0 Å². The highest BCUT2D eigenvalue weighted by Gasteiger charge is 2.34. The van der Waals surface area contributed by atoms with Crippen LogP contribution in [-0.2, 0) is 18.4 Å². The molecule has 0 radical (unpaired) electrons. The lowest BCUT2D eigenvalue weighted by Gasteiger charge is -2.31. The largest absolute Gasteiger partial charge is 0.395 e. The fourth-order valence-corrected chi connectivity index (χ4v) is 3.15. The second kappa shape index (κ2) is 7.15. The molecule has 5 nitrogen and oxygen atoms in total. The maximum Gasteiger partial charge on any atom is 0.138 e. The minimum Gasteiger partial charge on any atom is -0.395 e. The smallest absolute Gasteiger partial charge is 0.138 e. The Morgan fingerprint density at radius 2 is 1.95 bits per heavy atom. The lowest BCUT2D eigenvalue weighted by Crippen LogP contribution is -2.38. The van der Waals surface area contributed by atoms with E-state index < -0.39 is 5.41 Å². The third kappa shape index (κ3) is 3.33. The Morgan fingerprint density at radius 3 is 2.57 bits per heavy atom. The molecule has 0 bridgehead atoms. The van der Waals surface area contributed by atoms with E-state index in [0.29, 0.717) is 6.42 Å². The normalized spacial score (nSPS) is 11.8. The molecule has 2 aromatic rings. The van der Waals surface area contributed by atoms with Crippen molar-refractivity contribution >= 4 is 15.9 Å². The summed E-state index contributed by atoms with van der Waals surface area (Å²) in [6.07, 6.45) is 2.91. The van der Waals surface area contributed by atoms with E-state index in [4.69, 9.17) is 0 Å². The minimum absolute atomic E-state index is 0.162. The molecule has 0 aliphatic rings. The van der Waals surface area contributed by atoms with Crippen molar-refractivity contribution in [3.63, 3.8) is 0 Å². The number of aliphatic hydroxyl groups is 2. The van der Waals surface area contributed by atoms with Gasteiger partial charge in [0, 0.05) is 22.9 Å². The second-order valence-corrected chi connectivity index (χ2v) is 6.01. The molecule has 21 heavy (non-hydrogen) atoms. The number of aliphatic hydroxyl groups excluding tert-OH is 2. The monoisotopic (exact) mass is 353 g/mol. The fourth-order valence-electron chi connectivity index (χ4n) is 2.44. The first-order valence-corrected chi connectivity index (χ1v) is 7.79. The molecule has 0 aliphatic carbocycles. The first-order valence-electron chi connectivity index (χ1n) is 7.00. The highest BCUT2D eigenvalue weighted by molar-refractivity contribution is 9.10. The highest BCUT2D eigenvalue weighted by atomic mass is 79.9. The van der Waals surface area contributed by atoms with Crippen molar-refractivity contribution in [3.05, 3.63) is 46.5 Å². The summed E-state index contributed by atoms with van der Waals surface area (Å²) >= 11 is 3.50.